The minimum absolute atomic E-state index is 0.0251. The highest BCUT2D eigenvalue weighted by Crippen LogP contribution is 2.58. The summed E-state index contributed by atoms with van der Waals surface area (Å²) in [5.74, 6) is -0.619. The van der Waals surface area contributed by atoms with Crippen LogP contribution in [0.5, 0.6) is 23.0 Å². The summed E-state index contributed by atoms with van der Waals surface area (Å²) < 4.78 is 13.0. The van der Waals surface area contributed by atoms with E-state index in [1.807, 2.05) is 12.1 Å². The van der Waals surface area contributed by atoms with Crippen LogP contribution in [0.4, 0.5) is 0 Å². The number of phenolic OH excluding ortho intramolecular Hbond substituents is 2. The first kappa shape index (κ1) is 24.2. The van der Waals surface area contributed by atoms with E-state index in [-0.39, 0.29) is 39.7 Å². The lowest BCUT2D eigenvalue weighted by Crippen LogP contribution is -2.36. The van der Waals surface area contributed by atoms with Crippen molar-refractivity contribution in [3.05, 3.63) is 75.9 Å². The minimum Gasteiger partial charge on any atom is -0.507 e. The SMILES string of the molecule is COc1ccc(-n2nc(C)c3c2C=C2Oc4c(C(=O)C=CN(C)C)c(O)c(C)c(O)c4[C@@]2(C)C3=O)cc1. The molecule has 0 unspecified atom stereocenters. The zero-order chi connectivity index (χ0) is 26.8. The fourth-order valence-corrected chi connectivity index (χ4v) is 4.91. The van der Waals surface area contributed by atoms with E-state index in [9.17, 15) is 19.8 Å². The number of hydrogen-bond acceptors (Lipinski definition) is 8. The number of methoxy groups -OCH3 is 1. The maximum absolute atomic E-state index is 14.1. The molecule has 0 amide bonds. The van der Waals surface area contributed by atoms with Crippen molar-refractivity contribution in [2.45, 2.75) is 26.2 Å². The van der Waals surface area contributed by atoms with Crippen LogP contribution in [0.3, 0.4) is 0 Å². The molecule has 2 aliphatic rings. The van der Waals surface area contributed by atoms with Crippen LogP contribution in [0.25, 0.3) is 11.8 Å². The standard InChI is InChI=1S/C28H27N3O6/c1-14-24(33)22(19(32)11-12-30(4)5)26-23(25(14)34)28(3)20(37-26)13-18-21(27(28)35)15(2)29-31(18)16-7-9-17(36-6)10-8-16/h7-13,33-34H,1-6H3/t28-/m0/s1. The van der Waals surface area contributed by atoms with E-state index in [1.54, 1.807) is 69.0 Å². The highest BCUT2D eigenvalue weighted by atomic mass is 16.5. The van der Waals surface area contributed by atoms with Gasteiger partial charge >= 0.3 is 0 Å². The van der Waals surface area contributed by atoms with Crippen molar-refractivity contribution < 1.29 is 29.3 Å². The topological polar surface area (TPSA) is 114 Å². The number of carbonyl (C=O) groups excluding carboxylic acids is 2. The molecule has 2 N–H and O–H groups in total. The van der Waals surface area contributed by atoms with E-state index < -0.39 is 16.9 Å². The van der Waals surface area contributed by atoms with Gasteiger partial charge in [-0.3, -0.25) is 9.59 Å². The summed E-state index contributed by atoms with van der Waals surface area (Å²) in [6.07, 6.45) is 4.56. The van der Waals surface area contributed by atoms with E-state index in [1.165, 1.54) is 13.0 Å². The number of phenols is 2. The van der Waals surface area contributed by atoms with Crippen LogP contribution in [0.1, 0.15) is 50.2 Å². The highest BCUT2D eigenvalue weighted by molar-refractivity contribution is 6.16. The number of rotatable bonds is 5. The monoisotopic (exact) mass is 501 g/mol. The third-order valence-electron chi connectivity index (χ3n) is 6.98. The molecule has 9 nitrogen and oxygen atoms in total. The number of hydrogen-bond donors (Lipinski definition) is 2. The molecule has 1 atom stereocenters. The third kappa shape index (κ3) is 3.34. The lowest BCUT2D eigenvalue weighted by atomic mass is 9.71. The van der Waals surface area contributed by atoms with Gasteiger partial charge in [0.1, 0.15) is 39.7 Å². The van der Waals surface area contributed by atoms with Gasteiger partial charge in [-0.05, 0) is 45.0 Å². The van der Waals surface area contributed by atoms with Gasteiger partial charge in [0.25, 0.3) is 0 Å². The van der Waals surface area contributed by atoms with E-state index in [2.05, 4.69) is 5.10 Å². The molecule has 0 radical (unpaired) electrons. The first-order valence-electron chi connectivity index (χ1n) is 11.7. The first-order chi connectivity index (χ1) is 17.5. The zero-order valence-corrected chi connectivity index (χ0v) is 21.4. The van der Waals surface area contributed by atoms with Gasteiger partial charge in [0.05, 0.1) is 35.3 Å². The summed E-state index contributed by atoms with van der Waals surface area (Å²) in [5.41, 5.74) is 0.876. The van der Waals surface area contributed by atoms with Gasteiger partial charge in [-0.15, -0.1) is 0 Å². The van der Waals surface area contributed by atoms with Gasteiger partial charge in [0.2, 0.25) is 0 Å². The molecule has 9 heteroatoms. The Balaban J connectivity index is 1.72. The molecule has 3 aromatic rings. The van der Waals surface area contributed by atoms with Crippen LogP contribution in [-0.4, -0.2) is 57.7 Å². The van der Waals surface area contributed by atoms with Gasteiger partial charge in [-0.25, -0.2) is 4.68 Å². The van der Waals surface area contributed by atoms with Gasteiger partial charge in [-0.2, -0.15) is 5.10 Å². The average Bonchev–Trinajstić information content (AvgIpc) is 3.36. The molecule has 0 saturated heterocycles. The van der Waals surface area contributed by atoms with Gasteiger partial charge < -0.3 is 24.6 Å². The summed E-state index contributed by atoms with van der Waals surface area (Å²) in [6.45, 7) is 4.90. The van der Waals surface area contributed by atoms with Crippen LogP contribution in [0, 0.1) is 13.8 Å². The number of benzene rings is 2. The summed E-state index contributed by atoms with van der Waals surface area (Å²) in [4.78, 5) is 28.9. The minimum atomic E-state index is -1.41. The molecule has 37 heavy (non-hydrogen) atoms. The van der Waals surface area contributed by atoms with E-state index in [4.69, 9.17) is 9.47 Å². The molecular formula is C28H27N3O6. The largest absolute Gasteiger partial charge is 0.507 e. The van der Waals surface area contributed by atoms with Crippen molar-refractivity contribution in [3.8, 4) is 28.7 Å². The number of aromatic hydroxyl groups is 2. The molecule has 2 heterocycles. The van der Waals surface area contributed by atoms with Gasteiger partial charge in [-0.1, -0.05) is 0 Å². The average molecular weight is 502 g/mol. The third-order valence-corrected chi connectivity index (χ3v) is 6.98. The first-order valence-corrected chi connectivity index (χ1v) is 11.7. The Hall–Kier alpha value is -4.53. The van der Waals surface area contributed by atoms with Crippen LogP contribution < -0.4 is 9.47 Å². The lowest BCUT2D eigenvalue weighted by molar-refractivity contribution is 0.0905. The van der Waals surface area contributed by atoms with Crippen LogP contribution in [-0.2, 0) is 5.41 Å². The quantitative estimate of drug-likeness (QED) is 0.398. The fourth-order valence-electron chi connectivity index (χ4n) is 4.91. The number of ether oxygens (including phenoxy) is 2. The number of carbonyl (C=O) groups is 2. The predicted octanol–water partition coefficient (Wildman–Crippen LogP) is 4.05. The van der Waals surface area contributed by atoms with Crippen molar-refractivity contribution in [1.82, 2.24) is 14.7 Å². The number of nitrogens with zero attached hydrogens (tertiary/aromatic N) is 3. The van der Waals surface area contributed by atoms with E-state index >= 15 is 0 Å². The van der Waals surface area contributed by atoms with E-state index in [0.29, 0.717) is 22.7 Å². The van der Waals surface area contributed by atoms with Crippen molar-refractivity contribution in [2.75, 3.05) is 21.2 Å². The van der Waals surface area contributed by atoms with Crippen LogP contribution >= 0.6 is 0 Å². The van der Waals surface area contributed by atoms with Crippen molar-refractivity contribution >= 4 is 17.6 Å². The molecule has 0 fully saturated rings. The molecular weight excluding hydrogens is 474 g/mol. The second-order valence-corrected chi connectivity index (χ2v) is 9.57. The second kappa shape index (κ2) is 8.26. The molecule has 1 aromatic heterocycles. The number of aromatic nitrogens is 2. The zero-order valence-electron chi connectivity index (χ0n) is 21.4. The number of aryl methyl sites for hydroxylation is 1. The van der Waals surface area contributed by atoms with Gasteiger partial charge in [0, 0.05) is 38.0 Å². The Bertz CT molecular complexity index is 1550. The molecule has 1 aliphatic carbocycles. The predicted molar refractivity (Wildman–Crippen MR) is 137 cm³/mol. The molecule has 2 aromatic carbocycles. The van der Waals surface area contributed by atoms with Crippen molar-refractivity contribution in [2.24, 2.45) is 0 Å². The normalized spacial score (nSPS) is 17.7. The second-order valence-electron chi connectivity index (χ2n) is 9.57. The van der Waals surface area contributed by atoms with Crippen molar-refractivity contribution in [3.63, 3.8) is 0 Å². The fraction of sp³-hybridized carbons (Fsp3) is 0.250. The molecule has 0 spiro atoms. The summed E-state index contributed by atoms with van der Waals surface area (Å²) >= 11 is 0. The number of ketones is 2. The smallest absolute Gasteiger partial charge is 0.194 e. The summed E-state index contributed by atoms with van der Waals surface area (Å²) in [6, 6.07) is 7.25. The maximum atomic E-state index is 14.1. The molecule has 1 aliphatic heterocycles. The van der Waals surface area contributed by atoms with Crippen LogP contribution in [0.2, 0.25) is 0 Å². The van der Waals surface area contributed by atoms with E-state index in [0.717, 1.165) is 5.69 Å². The Labute approximate surface area is 213 Å². The summed E-state index contributed by atoms with van der Waals surface area (Å²) in [7, 11) is 5.10. The number of allylic oxidation sites excluding steroid dienone is 2. The Morgan fingerprint density at radius 3 is 2.46 bits per heavy atom. The Kier molecular flexibility index (Phi) is 5.40. The van der Waals surface area contributed by atoms with Crippen LogP contribution in [0.15, 0.2) is 42.3 Å². The number of fused-ring (bicyclic) bond motifs is 4. The molecule has 5 rings (SSSR count). The molecule has 0 saturated carbocycles. The maximum Gasteiger partial charge on any atom is 0.194 e. The lowest BCUT2D eigenvalue weighted by Gasteiger charge is -2.27. The number of Topliss-reactive ketones (excluding diaryl/α,β-unsaturated/α-hetero) is 1. The highest BCUT2D eigenvalue weighted by Gasteiger charge is 2.55. The van der Waals surface area contributed by atoms with Gasteiger partial charge in [0.15, 0.2) is 11.6 Å². The Morgan fingerprint density at radius 2 is 1.84 bits per heavy atom. The molecule has 190 valence electrons. The Morgan fingerprint density at radius 1 is 1.16 bits per heavy atom. The summed E-state index contributed by atoms with van der Waals surface area (Å²) in [5, 5.41) is 26.6. The van der Waals surface area contributed by atoms with Crippen molar-refractivity contribution in [1.29, 1.82) is 0 Å². The molecule has 0 bridgehead atoms.